The summed E-state index contributed by atoms with van der Waals surface area (Å²) in [5, 5.41) is 23.3. The van der Waals surface area contributed by atoms with Crippen molar-refractivity contribution >= 4 is 28.8 Å². The van der Waals surface area contributed by atoms with Gasteiger partial charge in [-0.25, -0.2) is 0 Å². The van der Waals surface area contributed by atoms with Gasteiger partial charge in [0.15, 0.2) is 5.78 Å². The van der Waals surface area contributed by atoms with E-state index in [1.165, 1.54) is 29.5 Å². The zero-order valence-electron chi connectivity index (χ0n) is 12.1. The summed E-state index contributed by atoms with van der Waals surface area (Å²) < 4.78 is 0. The van der Waals surface area contributed by atoms with Crippen LogP contribution in [0.2, 0.25) is 0 Å². The van der Waals surface area contributed by atoms with Crippen LogP contribution in [-0.2, 0) is 0 Å². The largest absolute Gasteiger partial charge is 0.508 e. The average Bonchev–Trinajstić information content (AvgIpc) is 3.09. The molecule has 0 atom stereocenters. The SMILES string of the molecule is O=C(C(=Cc1ccccc1)c1ccsc1)c1cc(O)ccc1O. The van der Waals surface area contributed by atoms with Crippen LogP contribution in [0.15, 0.2) is 65.4 Å². The molecule has 0 spiro atoms. The molecule has 1 heterocycles. The fraction of sp³-hybridized carbons (Fsp3) is 0. The van der Waals surface area contributed by atoms with Gasteiger partial charge in [0, 0.05) is 5.57 Å². The van der Waals surface area contributed by atoms with E-state index in [9.17, 15) is 15.0 Å². The third kappa shape index (κ3) is 3.33. The molecule has 0 aliphatic heterocycles. The van der Waals surface area contributed by atoms with Crippen LogP contribution in [0.1, 0.15) is 21.5 Å². The summed E-state index contributed by atoms with van der Waals surface area (Å²) in [6.07, 6.45) is 1.79. The molecular formula is C19H14O3S. The van der Waals surface area contributed by atoms with Gasteiger partial charge in [-0.3, -0.25) is 4.79 Å². The van der Waals surface area contributed by atoms with Crippen molar-refractivity contribution in [3.05, 3.63) is 82.0 Å². The Morgan fingerprint density at radius 3 is 2.48 bits per heavy atom. The van der Waals surface area contributed by atoms with Gasteiger partial charge in [-0.05, 0) is 52.2 Å². The Morgan fingerprint density at radius 1 is 1.00 bits per heavy atom. The maximum absolute atomic E-state index is 12.9. The molecule has 4 heteroatoms. The molecule has 0 amide bonds. The second-order valence-corrected chi connectivity index (χ2v) is 5.79. The van der Waals surface area contributed by atoms with Crippen LogP contribution in [0.5, 0.6) is 11.5 Å². The molecule has 1 aromatic heterocycles. The molecule has 114 valence electrons. The Morgan fingerprint density at radius 2 is 1.78 bits per heavy atom. The second kappa shape index (κ2) is 6.50. The molecular weight excluding hydrogens is 308 g/mol. The van der Waals surface area contributed by atoms with Gasteiger partial charge in [0.25, 0.3) is 0 Å². The predicted molar refractivity (Wildman–Crippen MR) is 92.7 cm³/mol. The van der Waals surface area contributed by atoms with Gasteiger partial charge in [-0.15, -0.1) is 0 Å². The van der Waals surface area contributed by atoms with Crippen molar-refractivity contribution in [3.8, 4) is 11.5 Å². The summed E-state index contributed by atoms with van der Waals surface area (Å²) in [4.78, 5) is 12.9. The van der Waals surface area contributed by atoms with Gasteiger partial charge in [0.1, 0.15) is 11.5 Å². The molecule has 3 aromatic rings. The normalized spacial score (nSPS) is 11.4. The first-order chi connectivity index (χ1) is 11.1. The predicted octanol–water partition coefficient (Wildman–Crippen LogP) is 4.58. The molecule has 3 rings (SSSR count). The maximum atomic E-state index is 12.9. The highest BCUT2D eigenvalue weighted by Gasteiger charge is 2.19. The van der Waals surface area contributed by atoms with Gasteiger partial charge >= 0.3 is 0 Å². The average molecular weight is 322 g/mol. The van der Waals surface area contributed by atoms with Crippen LogP contribution in [0.4, 0.5) is 0 Å². The van der Waals surface area contributed by atoms with Crippen LogP contribution < -0.4 is 0 Å². The number of phenols is 2. The molecule has 3 nitrogen and oxygen atoms in total. The smallest absolute Gasteiger partial charge is 0.197 e. The number of aromatic hydroxyl groups is 2. The van der Waals surface area contributed by atoms with E-state index in [1.807, 2.05) is 47.2 Å². The number of allylic oxidation sites excluding steroid dienone is 1. The van der Waals surface area contributed by atoms with Gasteiger partial charge in [0.05, 0.1) is 5.56 Å². The van der Waals surface area contributed by atoms with Crippen molar-refractivity contribution in [2.24, 2.45) is 0 Å². The van der Waals surface area contributed by atoms with E-state index < -0.39 is 0 Å². The number of ketones is 1. The van der Waals surface area contributed by atoms with E-state index in [4.69, 9.17) is 0 Å². The van der Waals surface area contributed by atoms with Crippen molar-refractivity contribution in [2.75, 3.05) is 0 Å². The Bertz CT molecular complexity index is 850. The zero-order valence-corrected chi connectivity index (χ0v) is 13.0. The highest BCUT2D eigenvalue weighted by molar-refractivity contribution is 7.08. The van der Waals surface area contributed by atoms with Gasteiger partial charge in [-0.2, -0.15) is 11.3 Å². The number of hydrogen-bond donors (Lipinski definition) is 2. The summed E-state index contributed by atoms with van der Waals surface area (Å²) >= 11 is 1.49. The van der Waals surface area contributed by atoms with E-state index in [1.54, 1.807) is 6.08 Å². The fourth-order valence-electron chi connectivity index (χ4n) is 2.26. The fourth-order valence-corrected chi connectivity index (χ4v) is 2.92. The number of thiophene rings is 1. The Hall–Kier alpha value is -2.85. The van der Waals surface area contributed by atoms with Crippen molar-refractivity contribution in [1.29, 1.82) is 0 Å². The van der Waals surface area contributed by atoms with Crippen LogP contribution in [-0.4, -0.2) is 16.0 Å². The standard InChI is InChI=1S/C19H14O3S/c20-15-6-7-18(21)17(11-15)19(22)16(14-8-9-23-12-14)10-13-4-2-1-3-5-13/h1-12,20-21H. The number of carbonyl (C=O) groups excluding carboxylic acids is 1. The van der Waals surface area contributed by atoms with Crippen LogP contribution in [0.3, 0.4) is 0 Å². The molecule has 0 saturated carbocycles. The van der Waals surface area contributed by atoms with E-state index >= 15 is 0 Å². The number of hydrogen-bond acceptors (Lipinski definition) is 4. The Kier molecular flexibility index (Phi) is 4.26. The van der Waals surface area contributed by atoms with Crippen molar-refractivity contribution < 1.29 is 15.0 Å². The Balaban J connectivity index is 2.11. The molecule has 0 unspecified atom stereocenters. The lowest BCUT2D eigenvalue weighted by atomic mass is 9.96. The number of carbonyl (C=O) groups is 1. The first kappa shape index (κ1) is 15.1. The summed E-state index contributed by atoms with van der Waals surface area (Å²) in [6, 6.07) is 15.3. The summed E-state index contributed by atoms with van der Waals surface area (Å²) in [5.41, 5.74) is 2.23. The lowest BCUT2D eigenvalue weighted by molar-refractivity contribution is 0.105. The van der Waals surface area contributed by atoms with Crippen molar-refractivity contribution in [1.82, 2.24) is 0 Å². The molecule has 23 heavy (non-hydrogen) atoms. The molecule has 0 radical (unpaired) electrons. The minimum atomic E-state index is -0.333. The molecule has 0 aliphatic rings. The van der Waals surface area contributed by atoms with Gasteiger partial charge in [-0.1, -0.05) is 30.3 Å². The molecule has 0 aliphatic carbocycles. The number of Topliss-reactive ketones (excluding diaryl/α,β-unsaturated/α-hetero) is 1. The third-order valence-corrected chi connectivity index (χ3v) is 4.10. The van der Waals surface area contributed by atoms with Gasteiger partial charge < -0.3 is 10.2 Å². The monoisotopic (exact) mass is 322 g/mol. The summed E-state index contributed by atoms with van der Waals surface area (Å²) in [5.74, 6) is -0.543. The van der Waals surface area contributed by atoms with Crippen LogP contribution in [0, 0.1) is 0 Å². The summed E-state index contributed by atoms with van der Waals surface area (Å²) in [6.45, 7) is 0. The van der Waals surface area contributed by atoms with E-state index in [2.05, 4.69) is 0 Å². The zero-order chi connectivity index (χ0) is 16.2. The van der Waals surface area contributed by atoms with E-state index in [0.717, 1.165) is 11.1 Å². The topological polar surface area (TPSA) is 57.5 Å². The molecule has 2 N–H and O–H groups in total. The van der Waals surface area contributed by atoms with Crippen molar-refractivity contribution in [2.45, 2.75) is 0 Å². The van der Waals surface area contributed by atoms with Crippen LogP contribution in [0.25, 0.3) is 11.6 Å². The second-order valence-electron chi connectivity index (χ2n) is 5.01. The lowest BCUT2D eigenvalue weighted by Gasteiger charge is -2.08. The molecule has 0 bridgehead atoms. The van der Waals surface area contributed by atoms with Gasteiger partial charge in [0.2, 0.25) is 0 Å². The number of phenolic OH excluding ortho intramolecular Hbond substituents is 2. The Labute approximate surface area is 137 Å². The first-order valence-corrected chi connectivity index (χ1v) is 7.95. The van der Waals surface area contributed by atoms with E-state index in [0.29, 0.717) is 5.57 Å². The maximum Gasteiger partial charge on any atom is 0.197 e. The molecule has 0 saturated heterocycles. The van der Waals surface area contributed by atoms with Crippen molar-refractivity contribution in [3.63, 3.8) is 0 Å². The highest BCUT2D eigenvalue weighted by Crippen LogP contribution is 2.30. The third-order valence-electron chi connectivity index (χ3n) is 3.41. The van der Waals surface area contributed by atoms with E-state index in [-0.39, 0.29) is 22.8 Å². The molecule has 0 fully saturated rings. The quantitative estimate of drug-likeness (QED) is 0.420. The number of benzene rings is 2. The number of rotatable bonds is 4. The highest BCUT2D eigenvalue weighted by atomic mass is 32.1. The molecule has 2 aromatic carbocycles. The first-order valence-electron chi connectivity index (χ1n) is 7.01. The lowest BCUT2D eigenvalue weighted by Crippen LogP contribution is -2.02. The minimum absolute atomic E-state index is 0.0597. The summed E-state index contributed by atoms with van der Waals surface area (Å²) in [7, 11) is 0. The minimum Gasteiger partial charge on any atom is -0.508 e. The van der Waals surface area contributed by atoms with Crippen LogP contribution >= 0.6 is 11.3 Å².